The van der Waals surface area contributed by atoms with Gasteiger partial charge in [0.25, 0.3) is 0 Å². The Morgan fingerprint density at radius 3 is 2.39 bits per heavy atom. The van der Waals surface area contributed by atoms with Crippen LogP contribution in [0.25, 0.3) is 16.8 Å². The van der Waals surface area contributed by atoms with Crippen molar-refractivity contribution in [2.75, 3.05) is 5.32 Å². The van der Waals surface area contributed by atoms with Crippen LogP contribution in [0.5, 0.6) is 0 Å². The Balaban J connectivity index is 0.00000187. The van der Waals surface area contributed by atoms with Gasteiger partial charge in [-0.25, -0.2) is 4.98 Å². The Morgan fingerprint density at radius 2 is 1.82 bits per heavy atom. The molecule has 4 nitrogen and oxygen atoms in total. The van der Waals surface area contributed by atoms with E-state index in [1.807, 2.05) is 44.2 Å². The average molecular weight is 442 g/mol. The predicted octanol–water partition coefficient (Wildman–Crippen LogP) is 7.42. The number of aryl methyl sites for hydroxylation is 1. The smallest absolute Gasteiger partial charge is 0.229 e. The normalized spacial score (nSPS) is 10.7. The fourth-order valence-corrected chi connectivity index (χ4v) is 3.46. The van der Waals surface area contributed by atoms with E-state index in [-0.39, 0.29) is 5.91 Å². The molecule has 0 fully saturated rings. The van der Waals surface area contributed by atoms with Crippen LogP contribution in [0.4, 0.5) is 5.82 Å². The first-order valence-corrected chi connectivity index (χ1v) is 11.6. The molecule has 172 valence electrons. The summed E-state index contributed by atoms with van der Waals surface area (Å²) < 4.78 is 0. The van der Waals surface area contributed by atoms with Gasteiger partial charge in [-0.1, -0.05) is 62.8 Å². The highest BCUT2D eigenvalue weighted by molar-refractivity contribution is 5.91. The first-order chi connectivity index (χ1) is 16.0. The summed E-state index contributed by atoms with van der Waals surface area (Å²) in [6, 6.07) is 15.7. The molecule has 0 atom stereocenters. The quantitative estimate of drug-likeness (QED) is 0.388. The van der Waals surface area contributed by atoms with E-state index in [1.165, 1.54) is 22.3 Å². The van der Waals surface area contributed by atoms with Gasteiger partial charge in [-0.2, -0.15) is 0 Å². The lowest BCUT2D eigenvalue weighted by Crippen LogP contribution is -2.15. The summed E-state index contributed by atoms with van der Waals surface area (Å²) >= 11 is 0. The summed E-state index contributed by atoms with van der Waals surface area (Å²) in [5.41, 5.74) is 7.62. The number of nitrogens with zero attached hydrogens (tertiary/aromatic N) is 2. The number of hydrogen-bond donors (Lipinski definition) is 1. The summed E-state index contributed by atoms with van der Waals surface area (Å²) in [7, 11) is 0. The molecule has 1 amide bonds. The number of pyridine rings is 2. The number of hydrogen-bond acceptors (Lipinski definition) is 3. The van der Waals surface area contributed by atoms with Crippen molar-refractivity contribution in [3.63, 3.8) is 0 Å². The van der Waals surface area contributed by atoms with Gasteiger partial charge >= 0.3 is 0 Å². The van der Waals surface area contributed by atoms with Crippen molar-refractivity contribution in [2.24, 2.45) is 0 Å². The Bertz CT molecular complexity index is 1090. The monoisotopic (exact) mass is 441 g/mol. The van der Waals surface area contributed by atoms with Gasteiger partial charge in [0.2, 0.25) is 5.91 Å². The van der Waals surface area contributed by atoms with Gasteiger partial charge in [0, 0.05) is 18.0 Å². The van der Waals surface area contributed by atoms with Crippen LogP contribution in [0, 0.1) is 6.92 Å². The van der Waals surface area contributed by atoms with Crippen LogP contribution in [-0.4, -0.2) is 15.9 Å². The van der Waals surface area contributed by atoms with Crippen LogP contribution in [-0.2, 0) is 11.2 Å². The lowest BCUT2D eigenvalue weighted by atomic mass is 9.95. The van der Waals surface area contributed by atoms with Crippen molar-refractivity contribution in [1.82, 2.24) is 9.97 Å². The van der Waals surface area contributed by atoms with Gasteiger partial charge in [0.15, 0.2) is 0 Å². The Labute approximate surface area is 198 Å². The zero-order chi connectivity index (χ0) is 24.2. The van der Waals surface area contributed by atoms with Gasteiger partial charge in [-0.3, -0.25) is 9.78 Å². The van der Waals surface area contributed by atoms with Crippen molar-refractivity contribution in [1.29, 1.82) is 0 Å². The number of allylic oxidation sites excluding steroid dienone is 4. The summed E-state index contributed by atoms with van der Waals surface area (Å²) in [6.45, 7) is 12.4. The van der Waals surface area contributed by atoms with Crippen LogP contribution in [0.3, 0.4) is 0 Å². The molecule has 0 saturated heterocycles. The van der Waals surface area contributed by atoms with Crippen LogP contribution in [0.1, 0.15) is 57.7 Å². The van der Waals surface area contributed by atoms with Gasteiger partial charge in [-0.15, -0.1) is 0 Å². The molecule has 0 aliphatic heterocycles. The summed E-state index contributed by atoms with van der Waals surface area (Å²) in [4.78, 5) is 21.2. The van der Waals surface area contributed by atoms with Crippen LogP contribution in [0.2, 0.25) is 0 Å². The van der Waals surface area contributed by atoms with E-state index < -0.39 is 0 Å². The molecule has 0 spiro atoms. The topological polar surface area (TPSA) is 54.9 Å². The number of rotatable bonds is 7. The van der Waals surface area contributed by atoms with E-state index in [4.69, 9.17) is 0 Å². The first-order valence-electron chi connectivity index (χ1n) is 11.6. The second-order valence-corrected chi connectivity index (χ2v) is 7.81. The zero-order valence-corrected chi connectivity index (χ0v) is 20.6. The molecular formula is C29H35N3O. The maximum absolute atomic E-state index is 12.5. The van der Waals surface area contributed by atoms with Crippen molar-refractivity contribution in [3.8, 4) is 11.3 Å². The number of carbonyl (C=O) groups is 1. The molecule has 0 bridgehead atoms. The Morgan fingerprint density at radius 1 is 1.03 bits per heavy atom. The second-order valence-electron chi connectivity index (χ2n) is 7.81. The summed E-state index contributed by atoms with van der Waals surface area (Å²) in [5, 5.41) is 2.88. The van der Waals surface area contributed by atoms with Crippen molar-refractivity contribution in [3.05, 3.63) is 95.3 Å². The molecule has 0 aliphatic carbocycles. The lowest BCUT2D eigenvalue weighted by molar-refractivity contribution is -0.115. The van der Waals surface area contributed by atoms with Crippen molar-refractivity contribution in [2.45, 2.75) is 54.4 Å². The highest BCUT2D eigenvalue weighted by Gasteiger charge is 2.09. The minimum Gasteiger partial charge on any atom is -0.310 e. The molecule has 3 aromatic rings. The fraction of sp³-hybridized carbons (Fsp3) is 0.276. The standard InChI is InChI=1S/C27H29N3O.C2H6/c1-5-8-22(15-19(2)3)24-12-10-21(16-20(24)4)17-27(31)30-26-13-11-23(18-29-26)25-9-6-7-14-28-25;1-2/h6-16,18H,5,17H2,1-4H3,(H,29,30,31);1-2H3/b22-8+;. The third-order valence-corrected chi connectivity index (χ3v) is 4.83. The SMILES string of the molecule is CC.CC/C=C(\C=C(C)C)c1ccc(CC(=O)Nc2ccc(-c3ccccn3)cn2)cc1C. The van der Waals surface area contributed by atoms with Crippen LogP contribution >= 0.6 is 0 Å². The van der Waals surface area contributed by atoms with Crippen LogP contribution < -0.4 is 5.32 Å². The number of amides is 1. The molecule has 0 radical (unpaired) electrons. The molecule has 0 unspecified atom stereocenters. The van der Waals surface area contributed by atoms with Crippen molar-refractivity contribution >= 4 is 17.3 Å². The number of aromatic nitrogens is 2. The number of anilines is 1. The number of carbonyl (C=O) groups excluding carboxylic acids is 1. The van der Waals surface area contributed by atoms with Gasteiger partial charge in [-0.05, 0) is 73.7 Å². The van der Waals surface area contributed by atoms with E-state index >= 15 is 0 Å². The van der Waals surface area contributed by atoms with Gasteiger partial charge < -0.3 is 5.32 Å². The third kappa shape index (κ3) is 7.83. The molecule has 4 heteroatoms. The van der Waals surface area contributed by atoms with E-state index in [0.717, 1.165) is 23.2 Å². The highest BCUT2D eigenvalue weighted by Crippen LogP contribution is 2.24. The fourth-order valence-electron chi connectivity index (χ4n) is 3.46. The molecule has 0 aliphatic rings. The molecular weight excluding hydrogens is 406 g/mol. The number of nitrogens with one attached hydrogen (secondary N) is 1. The molecule has 2 heterocycles. The Kier molecular flexibility index (Phi) is 10.2. The molecule has 1 N–H and O–H groups in total. The first kappa shape index (κ1) is 25.7. The second kappa shape index (κ2) is 13.1. The van der Waals surface area contributed by atoms with E-state index in [0.29, 0.717) is 12.2 Å². The molecule has 1 aromatic carbocycles. The van der Waals surface area contributed by atoms with E-state index in [2.05, 4.69) is 67.3 Å². The maximum atomic E-state index is 12.5. The predicted molar refractivity (Wildman–Crippen MR) is 140 cm³/mol. The van der Waals surface area contributed by atoms with Gasteiger partial charge in [0.05, 0.1) is 12.1 Å². The minimum absolute atomic E-state index is 0.0844. The molecule has 2 aromatic heterocycles. The number of benzene rings is 1. The third-order valence-electron chi connectivity index (χ3n) is 4.83. The zero-order valence-electron chi connectivity index (χ0n) is 20.6. The Hall–Kier alpha value is -3.53. The van der Waals surface area contributed by atoms with E-state index in [9.17, 15) is 4.79 Å². The molecule has 3 rings (SSSR count). The minimum atomic E-state index is -0.0844. The van der Waals surface area contributed by atoms with Gasteiger partial charge in [0.1, 0.15) is 5.82 Å². The van der Waals surface area contributed by atoms with Crippen molar-refractivity contribution < 1.29 is 4.79 Å². The van der Waals surface area contributed by atoms with Crippen LogP contribution in [0.15, 0.2) is 78.6 Å². The summed E-state index contributed by atoms with van der Waals surface area (Å²) in [5.74, 6) is 0.452. The molecule has 0 saturated carbocycles. The highest BCUT2D eigenvalue weighted by atomic mass is 16.1. The summed E-state index contributed by atoms with van der Waals surface area (Å²) in [6.07, 6.45) is 9.20. The van der Waals surface area contributed by atoms with E-state index in [1.54, 1.807) is 18.5 Å². The lowest BCUT2D eigenvalue weighted by Gasteiger charge is -2.11. The maximum Gasteiger partial charge on any atom is 0.229 e. The molecule has 33 heavy (non-hydrogen) atoms. The average Bonchev–Trinajstić information content (AvgIpc) is 2.81. The largest absolute Gasteiger partial charge is 0.310 e.